The summed E-state index contributed by atoms with van der Waals surface area (Å²) in [5.41, 5.74) is 2.43. The van der Waals surface area contributed by atoms with Crippen molar-refractivity contribution in [2.24, 2.45) is 0 Å². The molecule has 14 heavy (non-hydrogen) atoms. The highest BCUT2D eigenvalue weighted by atomic mass is 19.1. The van der Waals surface area contributed by atoms with Crippen molar-refractivity contribution >= 4 is 0 Å². The lowest BCUT2D eigenvalue weighted by molar-refractivity contribution is 0.609. The van der Waals surface area contributed by atoms with Crippen molar-refractivity contribution in [3.05, 3.63) is 47.5 Å². The van der Waals surface area contributed by atoms with Gasteiger partial charge in [-0.05, 0) is 31.0 Å². The zero-order valence-electron chi connectivity index (χ0n) is 8.16. The summed E-state index contributed by atoms with van der Waals surface area (Å²) in [5, 5.41) is 4.08. The van der Waals surface area contributed by atoms with Crippen molar-refractivity contribution in [2.75, 3.05) is 0 Å². The number of rotatable bonds is 1. The summed E-state index contributed by atoms with van der Waals surface area (Å²) >= 11 is 0. The lowest BCUT2D eigenvalue weighted by Crippen LogP contribution is -2.00. The Labute approximate surface area is 82.0 Å². The van der Waals surface area contributed by atoms with Crippen LogP contribution in [0.5, 0.6) is 0 Å². The molecule has 0 saturated heterocycles. The number of nitrogens with zero attached hydrogens (tertiary/aromatic N) is 2. The minimum absolute atomic E-state index is 0.242. The maximum Gasteiger partial charge on any atom is 0.149 e. The van der Waals surface area contributed by atoms with Crippen molar-refractivity contribution in [3.63, 3.8) is 0 Å². The highest BCUT2D eigenvalue weighted by molar-refractivity contribution is 5.41. The smallest absolute Gasteiger partial charge is 0.149 e. The molecule has 0 bridgehead atoms. The summed E-state index contributed by atoms with van der Waals surface area (Å²) in [5.74, 6) is -0.242. The number of aryl methyl sites for hydroxylation is 2. The van der Waals surface area contributed by atoms with E-state index in [2.05, 4.69) is 5.10 Å². The second kappa shape index (κ2) is 3.25. The quantitative estimate of drug-likeness (QED) is 0.676. The van der Waals surface area contributed by atoms with Crippen molar-refractivity contribution in [1.29, 1.82) is 0 Å². The molecule has 0 unspecified atom stereocenters. The maximum atomic E-state index is 13.5. The van der Waals surface area contributed by atoms with Crippen LogP contribution in [0, 0.1) is 19.7 Å². The Morgan fingerprint density at radius 2 is 2.07 bits per heavy atom. The molecular formula is C11H11FN2. The molecule has 0 aliphatic rings. The second-order valence-electron chi connectivity index (χ2n) is 3.37. The first-order valence-corrected chi connectivity index (χ1v) is 4.45. The third kappa shape index (κ3) is 1.41. The van der Waals surface area contributed by atoms with Crippen LogP contribution in [0.2, 0.25) is 0 Å². The number of benzene rings is 1. The van der Waals surface area contributed by atoms with Crippen LogP contribution in [-0.4, -0.2) is 9.78 Å². The monoisotopic (exact) mass is 190 g/mol. The zero-order chi connectivity index (χ0) is 10.1. The normalized spacial score (nSPS) is 10.5. The molecule has 3 heteroatoms. The summed E-state index contributed by atoms with van der Waals surface area (Å²) < 4.78 is 15.1. The molecule has 2 aromatic rings. The molecule has 1 heterocycles. The van der Waals surface area contributed by atoms with Gasteiger partial charge in [-0.25, -0.2) is 9.07 Å². The van der Waals surface area contributed by atoms with E-state index in [1.54, 1.807) is 16.9 Å². The summed E-state index contributed by atoms with van der Waals surface area (Å²) in [7, 11) is 0. The third-order valence-corrected chi connectivity index (χ3v) is 2.13. The Balaban J connectivity index is 2.61. The van der Waals surface area contributed by atoms with Crippen LogP contribution in [0.15, 0.2) is 30.6 Å². The number of para-hydroxylation sites is 1. The van der Waals surface area contributed by atoms with E-state index in [4.69, 9.17) is 0 Å². The van der Waals surface area contributed by atoms with Crippen LogP contribution in [-0.2, 0) is 0 Å². The van der Waals surface area contributed by atoms with Gasteiger partial charge in [-0.1, -0.05) is 12.1 Å². The van der Waals surface area contributed by atoms with E-state index in [1.807, 2.05) is 26.1 Å². The summed E-state index contributed by atoms with van der Waals surface area (Å²) in [6, 6.07) is 5.01. The van der Waals surface area contributed by atoms with Crippen LogP contribution < -0.4 is 0 Å². The first-order chi connectivity index (χ1) is 6.68. The first-order valence-electron chi connectivity index (χ1n) is 4.45. The number of hydrogen-bond donors (Lipinski definition) is 0. The Hall–Kier alpha value is -1.64. The fourth-order valence-corrected chi connectivity index (χ4v) is 1.45. The minimum Gasteiger partial charge on any atom is -0.237 e. The van der Waals surface area contributed by atoms with Gasteiger partial charge in [0.15, 0.2) is 0 Å². The number of aromatic nitrogens is 2. The molecule has 2 rings (SSSR count). The van der Waals surface area contributed by atoms with Gasteiger partial charge in [0, 0.05) is 6.20 Å². The fraction of sp³-hybridized carbons (Fsp3) is 0.182. The zero-order valence-corrected chi connectivity index (χ0v) is 8.16. The number of hydrogen-bond acceptors (Lipinski definition) is 1. The maximum absolute atomic E-state index is 13.5. The lowest BCUT2D eigenvalue weighted by atomic mass is 10.2. The lowest BCUT2D eigenvalue weighted by Gasteiger charge is -2.06. The highest BCUT2D eigenvalue weighted by Crippen LogP contribution is 2.17. The van der Waals surface area contributed by atoms with Gasteiger partial charge in [-0.15, -0.1) is 0 Å². The van der Waals surface area contributed by atoms with Crippen LogP contribution >= 0.6 is 0 Å². The summed E-state index contributed by atoms with van der Waals surface area (Å²) in [6.45, 7) is 3.80. The van der Waals surface area contributed by atoms with E-state index in [1.165, 1.54) is 6.07 Å². The van der Waals surface area contributed by atoms with E-state index in [9.17, 15) is 4.39 Å². The summed E-state index contributed by atoms with van der Waals surface area (Å²) in [4.78, 5) is 0. The highest BCUT2D eigenvalue weighted by Gasteiger charge is 2.07. The van der Waals surface area contributed by atoms with Gasteiger partial charge >= 0.3 is 0 Å². The Morgan fingerprint density at radius 3 is 2.64 bits per heavy atom. The van der Waals surface area contributed by atoms with Crippen LogP contribution in [0.25, 0.3) is 5.69 Å². The number of halogens is 1. The topological polar surface area (TPSA) is 17.8 Å². The van der Waals surface area contributed by atoms with Crippen molar-refractivity contribution in [2.45, 2.75) is 13.8 Å². The molecule has 0 saturated carbocycles. The Morgan fingerprint density at radius 1 is 1.29 bits per heavy atom. The molecule has 0 radical (unpaired) electrons. The predicted molar refractivity (Wildman–Crippen MR) is 53.0 cm³/mol. The molecule has 0 atom stereocenters. The Kier molecular flexibility index (Phi) is 2.08. The molecule has 2 nitrogen and oxygen atoms in total. The second-order valence-corrected chi connectivity index (χ2v) is 3.37. The first kappa shape index (κ1) is 8.94. The SMILES string of the molecule is Cc1cnn(-c2c(C)cccc2F)c1. The van der Waals surface area contributed by atoms with Crippen LogP contribution in [0.1, 0.15) is 11.1 Å². The van der Waals surface area contributed by atoms with Gasteiger partial charge in [-0.2, -0.15) is 5.10 Å². The van der Waals surface area contributed by atoms with Gasteiger partial charge in [0.25, 0.3) is 0 Å². The van der Waals surface area contributed by atoms with Crippen LogP contribution in [0.3, 0.4) is 0 Å². The van der Waals surface area contributed by atoms with Gasteiger partial charge < -0.3 is 0 Å². The van der Waals surface area contributed by atoms with Gasteiger partial charge in [0.05, 0.1) is 6.20 Å². The summed E-state index contributed by atoms with van der Waals surface area (Å²) in [6.07, 6.45) is 3.53. The van der Waals surface area contributed by atoms with Crippen molar-refractivity contribution in [1.82, 2.24) is 9.78 Å². The Bertz CT molecular complexity index is 440. The molecule has 0 fully saturated rings. The molecule has 0 amide bonds. The van der Waals surface area contributed by atoms with Crippen molar-refractivity contribution in [3.8, 4) is 5.69 Å². The van der Waals surface area contributed by atoms with E-state index in [0.717, 1.165) is 11.1 Å². The molecule has 1 aromatic carbocycles. The van der Waals surface area contributed by atoms with Gasteiger partial charge in [0.2, 0.25) is 0 Å². The van der Waals surface area contributed by atoms with Crippen molar-refractivity contribution < 1.29 is 4.39 Å². The molecule has 0 spiro atoms. The van der Waals surface area contributed by atoms with E-state index < -0.39 is 0 Å². The van der Waals surface area contributed by atoms with E-state index >= 15 is 0 Å². The minimum atomic E-state index is -0.242. The molecular weight excluding hydrogens is 179 g/mol. The average Bonchev–Trinajstić information content (AvgIpc) is 2.51. The molecule has 1 aromatic heterocycles. The largest absolute Gasteiger partial charge is 0.237 e. The predicted octanol–water partition coefficient (Wildman–Crippen LogP) is 2.63. The van der Waals surface area contributed by atoms with Crippen LogP contribution in [0.4, 0.5) is 4.39 Å². The van der Waals surface area contributed by atoms with Gasteiger partial charge in [0.1, 0.15) is 11.5 Å². The molecule has 0 N–H and O–H groups in total. The standard InChI is InChI=1S/C11H11FN2/c1-8-6-13-14(7-8)11-9(2)4-3-5-10(11)12/h3-7H,1-2H3. The molecule has 0 aliphatic carbocycles. The third-order valence-electron chi connectivity index (χ3n) is 2.13. The molecule has 72 valence electrons. The molecule has 0 aliphatic heterocycles. The fourth-order valence-electron chi connectivity index (χ4n) is 1.45. The van der Waals surface area contributed by atoms with E-state index in [0.29, 0.717) is 5.69 Å². The van der Waals surface area contributed by atoms with Gasteiger partial charge in [-0.3, -0.25) is 0 Å². The average molecular weight is 190 g/mol. The van der Waals surface area contributed by atoms with E-state index in [-0.39, 0.29) is 5.82 Å².